The molecule has 0 aliphatic carbocycles. The lowest BCUT2D eigenvalue weighted by molar-refractivity contribution is 0.101. The fourth-order valence-corrected chi connectivity index (χ4v) is 1.43. The maximum atomic E-state index is 13.2. The summed E-state index contributed by atoms with van der Waals surface area (Å²) in [6.45, 7) is 2.81. The van der Waals surface area contributed by atoms with E-state index in [9.17, 15) is 9.18 Å². The maximum Gasteiger partial charge on any atom is 0.163 e. The summed E-state index contributed by atoms with van der Waals surface area (Å²) in [4.78, 5) is 11.3. The first-order valence-electron chi connectivity index (χ1n) is 4.39. The van der Waals surface area contributed by atoms with Gasteiger partial charge in [0.15, 0.2) is 5.78 Å². The van der Waals surface area contributed by atoms with Crippen molar-refractivity contribution in [2.75, 3.05) is 7.11 Å². The molecular formula is C11H13FO2. The van der Waals surface area contributed by atoms with Crippen molar-refractivity contribution in [1.29, 1.82) is 0 Å². The molecule has 1 atom stereocenters. The highest BCUT2D eigenvalue weighted by molar-refractivity contribution is 5.98. The molecule has 0 bridgehead atoms. The zero-order valence-electron chi connectivity index (χ0n) is 8.50. The van der Waals surface area contributed by atoms with Gasteiger partial charge in [0, 0.05) is 5.56 Å². The highest BCUT2D eigenvalue weighted by Crippen LogP contribution is 2.28. The van der Waals surface area contributed by atoms with Gasteiger partial charge in [-0.05, 0) is 19.9 Å². The van der Waals surface area contributed by atoms with E-state index in [0.29, 0.717) is 16.9 Å². The summed E-state index contributed by atoms with van der Waals surface area (Å²) in [5.41, 5.74) is 0.724. The van der Waals surface area contributed by atoms with E-state index < -0.39 is 6.17 Å². The van der Waals surface area contributed by atoms with Crippen molar-refractivity contribution in [2.24, 2.45) is 0 Å². The molecule has 0 aliphatic heterocycles. The molecule has 1 rings (SSSR count). The number of hydrogen-bond acceptors (Lipinski definition) is 2. The Bertz CT molecular complexity index is 345. The number of ether oxygens (including phenoxy) is 1. The number of methoxy groups -OCH3 is 1. The van der Waals surface area contributed by atoms with Crippen LogP contribution in [0.1, 0.15) is 35.9 Å². The smallest absolute Gasteiger partial charge is 0.163 e. The number of Topliss-reactive ketones (excluding diaryl/α,β-unsaturated/α-hetero) is 1. The Hall–Kier alpha value is -1.38. The fraction of sp³-hybridized carbons (Fsp3) is 0.364. The van der Waals surface area contributed by atoms with Crippen LogP contribution < -0.4 is 4.74 Å². The first-order chi connectivity index (χ1) is 6.57. The number of hydrogen-bond donors (Lipinski definition) is 0. The van der Waals surface area contributed by atoms with Crippen LogP contribution in [0.2, 0.25) is 0 Å². The normalized spacial score (nSPS) is 12.3. The van der Waals surface area contributed by atoms with Crippen molar-refractivity contribution < 1.29 is 13.9 Å². The number of benzene rings is 1. The van der Waals surface area contributed by atoms with Gasteiger partial charge in [-0.2, -0.15) is 0 Å². The third kappa shape index (κ3) is 1.92. The van der Waals surface area contributed by atoms with Crippen LogP contribution in [0.25, 0.3) is 0 Å². The highest BCUT2D eigenvalue weighted by Gasteiger charge is 2.16. The molecule has 0 amide bonds. The van der Waals surface area contributed by atoms with Crippen LogP contribution in [-0.2, 0) is 0 Å². The number of halogens is 1. The van der Waals surface area contributed by atoms with Crippen molar-refractivity contribution in [3.63, 3.8) is 0 Å². The maximum absolute atomic E-state index is 13.2. The molecule has 2 nitrogen and oxygen atoms in total. The lowest BCUT2D eigenvalue weighted by Gasteiger charge is -2.11. The third-order valence-corrected chi connectivity index (χ3v) is 2.06. The zero-order chi connectivity index (χ0) is 10.7. The Kier molecular flexibility index (Phi) is 3.23. The monoisotopic (exact) mass is 196 g/mol. The van der Waals surface area contributed by atoms with Gasteiger partial charge in [0.1, 0.15) is 11.9 Å². The first-order valence-corrected chi connectivity index (χ1v) is 4.39. The van der Waals surface area contributed by atoms with Crippen LogP contribution in [0.4, 0.5) is 4.39 Å². The van der Waals surface area contributed by atoms with Crippen molar-refractivity contribution in [2.45, 2.75) is 20.0 Å². The third-order valence-electron chi connectivity index (χ3n) is 2.06. The van der Waals surface area contributed by atoms with E-state index >= 15 is 0 Å². The van der Waals surface area contributed by atoms with E-state index in [1.165, 1.54) is 21.0 Å². The predicted molar refractivity (Wildman–Crippen MR) is 52.5 cm³/mol. The van der Waals surface area contributed by atoms with E-state index in [4.69, 9.17) is 4.74 Å². The first kappa shape index (κ1) is 10.7. The van der Waals surface area contributed by atoms with E-state index in [1.54, 1.807) is 18.2 Å². The average molecular weight is 196 g/mol. The van der Waals surface area contributed by atoms with Crippen LogP contribution in [0.3, 0.4) is 0 Å². The molecule has 0 aromatic heterocycles. The van der Waals surface area contributed by atoms with E-state index in [0.717, 1.165) is 0 Å². The predicted octanol–water partition coefficient (Wildman–Crippen LogP) is 2.93. The summed E-state index contributed by atoms with van der Waals surface area (Å²) < 4.78 is 18.2. The molecule has 0 radical (unpaired) electrons. The Morgan fingerprint density at radius 2 is 2.14 bits per heavy atom. The molecule has 1 aromatic rings. The summed E-state index contributed by atoms with van der Waals surface area (Å²) in [6.07, 6.45) is -1.16. The summed E-state index contributed by atoms with van der Waals surface area (Å²) in [5.74, 6) is 0.251. The van der Waals surface area contributed by atoms with Gasteiger partial charge in [0.05, 0.1) is 12.7 Å². The minimum absolute atomic E-state index is 0.179. The van der Waals surface area contributed by atoms with Gasteiger partial charge in [-0.15, -0.1) is 0 Å². The minimum atomic E-state index is -1.16. The Labute approximate surface area is 82.7 Å². The summed E-state index contributed by atoms with van der Waals surface area (Å²) in [6, 6.07) is 4.93. The summed E-state index contributed by atoms with van der Waals surface area (Å²) >= 11 is 0. The van der Waals surface area contributed by atoms with Crippen LogP contribution in [0.5, 0.6) is 5.75 Å². The quantitative estimate of drug-likeness (QED) is 0.695. The SMILES string of the molecule is COc1cccc(C(C)F)c1C(C)=O. The van der Waals surface area contributed by atoms with E-state index in [2.05, 4.69) is 0 Å². The van der Waals surface area contributed by atoms with Gasteiger partial charge in [-0.3, -0.25) is 4.79 Å². The Balaban J connectivity index is 3.35. The molecule has 0 heterocycles. The molecule has 1 unspecified atom stereocenters. The zero-order valence-corrected chi connectivity index (χ0v) is 8.50. The van der Waals surface area contributed by atoms with Crippen molar-refractivity contribution in [3.05, 3.63) is 29.3 Å². The van der Waals surface area contributed by atoms with Gasteiger partial charge in [0.2, 0.25) is 0 Å². The molecular weight excluding hydrogens is 183 g/mol. The molecule has 3 heteroatoms. The van der Waals surface area contributed by atoms with E-state index in [1.807, 2.05) is 0 Å². The largest absolute Gasteiger partial charge is 0.496 e. The number of carbonyl (C=O) groups excluding carboxylic acids is 1. The van der Waals surface area contributed by atoms with Crippen LogP contribution in [-0.4, -0.2) is 12.9 Å². The highest BCUT2D eigenvalue weighted by atomic mass is 19.1. The van der Waals surface area contributed by atoms with Gasteiger partial charge in [-0.25, -0.2) is 4.39 Å². The molecule has 14 heavy (non-hydrogen) atoms. The Morgan fingerprint density at radius 3 is 2.57 bits per heavy atom. The van der Waals surface area contributed by atoms with Gasteiger partial charge in [0.25, 0.3) is 0 Å². The summed E-state index contributed by atoms with van der Waals surface area (Å²) in [7, 11) is 1.47. The van der Waals surface area contributed by atoms with Gasteiger partial charge >= 0.3 is 0 Å². The number of rotatable bonds is 3. The number of ketones is 1. The molecule has 0 spiro atoms. The molecule has 0 saturated carbocycles. The molecule has 1 aromatic carbocycles. The fourth-order valence-electron chi connectivity index (χ4n) is 1.43. The molecule has 76 valence electrons. The van der Waals surface area contributed by atoms with Crippen molar-refractivity contribution >= 4 is 5.78 Å². The lowest BCUT2D eigenvalue weighted by atomic mass is 10.00. The lowest BCUT2D eigenvalue weighted by Crippen LogP contribution is -2.03. The minimum Gasteiger partial charge on any atom is -0.496 e. The number of carbonyl (C=O) groups is 1. The van der Waals surface area contributed by atoms with Crippen molar-refractivity contribution in [1.82, 2.24) is 0 Å². The standard InChI is InChI=1S/C11H13FO2/c1-7(12)9-5-4-6-10(14-3)11(9)8(2)13/h4-7H,1-3H3. The van der Waals surface area contributed by atoms with Crippen LogP contribution >= 0.6 is 0 Å². The second kappa shape index (κ2) is 4.22. The van der Waals surface area contributed by atoms with Gasteiger partial charge in [-0.1, -0.05) is 12.1 Å². The second-order valence-electron chi connectivity index (χ2n) is 3.10. The van der Waals surface area contributed by atoms with Crippen LogP contribution in [0.15, 0.2) is 18.2 Å². The van der Waals surface area contributed by atoms with Crippen molar-refractivity contribution in [3.8, 4) is 5.75 Å². The molecule has 0 aliphatic rings. The number of alkyl halides is 1. The van der Waals surface area contributed by atoms with E-state index in [-0.39, 0.29) is 5.78 Å². The van der Waals surface area contributed by atoms with Crippen LogP contribution in [0, 0.1) is 0 Å². The molecule has 0 fully saturated rings. The summed E-state index contributed by atoms with van der Waals surface area (Å²) in [5, 5.41) is 0. The topological polar surface area (TPSA) is 26.3 Å². The van der Waals surface area contributed by atoms with Gasteiger partial charge < -0.3 is 4.74 Å². The Morgan fingerprint density at radius 1 is 1.50 bits per heavy atom. The second-order valence-corrected chi connectivity index (χ2v) is 3.10. The molecule has 0 saturated heterocycles. The average Bonchev–Trinajstić information content (AvgIpc) is 2.16. The molecule has 0 N–H and O–H groups in total.